The number of hydrogen-bond acceptors (Lipinski definition) is 3. The molecule has 1 aromatic rings. The van der Waals surface area contributed by atoms with Crippen LogP contribution in [-0.2, 0) is 6.42 Å². The van der Waals surface area contributed by atoms with Crippen LogP contribution in [0.1, 0.15) is 90.5 Å². The maximum atomic E-state index is 10.9. The molecule has 0 aliphatic carbocycles. The Morgan fingerprint density at radius 1 is 0.808 bits per heavy atom. The van der Waals surface area contributed by atoms with Gasteiger partial charge in [-0.2, -0.15) is 0 Å². The van der Waals surface area contributed by atoms with Gasteiger partial charge in [-0.1, -0.05) is 0 Å². The van der Waals surface area contributed by atoms with E-state index in [9.17, 15) is 14.7 Å². The van der Waals surface area contributed by atoms with Crippen molar-refractivity contribution in [1.82, 2.24) is 0 Å². The van der Waals surface area contributed by atoms with Gasteiger partial charge in [-0.05, 0) is 0 Å². The Balaban J connectivity index is 2.80. The summed E-state index contributed by atoms with van der Waals surface area (Å²) in [5.41, 5.74) is 0.901. The molecule has 1 aromatic carbocycles. The van der Waals surface area contributed by atoms with E-state index in [0.717, 1.165) is 50.5 Å². The van der Waals surface area contributed by atoms with Crippen LogP contribution in [0.5, 0.6) is 0 Å². The quantitative estimate of drug-likeness (QED) is 0.284. The molecule has 3 nitrogen and oxygen atoms in total. The molecule has 0 aromatic heterocycles. The summed E-state index contributed by atoms with van der Waals surface area (Å²) >= 11 is 0. The molecule has 1 unspecified atom stereocenters. The Labute approximate surface area is 161 Å². The second kappa shape index (κ2) is 11.4. The van der Waals surface area contributed by atoms with Crippen LogP contribution >= 0.6 is 7.28 Å². The molecule has 1 rings (SSSR count). The number of rotatable bonds is 14. The fourth-order valence-electron chi connectivity index (χ4n) is 3.76. The van der Waals surface area contributed by atoms with Crippen molar-refractivity contribution in [3.05, 3.63) is 29.8 Å². The second-order valence-corrected chi connectivity index (χ2v) is 11.0. The first-order chi connectivity index (χ1) is 12.3. The van der Waals surface area contributed by atoms with E-state index in [1.165, 1.54) is 25.7 Å². The van der Waals surface area contributed by atoms with Crippen LogP contribution in [0.15, 0.2) is 24.3 Å². The zero-order valence-corrected chi connectivity index (χ0v) is 18.1. The predicted molar refractivity (Wildman–Crippen MR) is 115 cm³/mol. The van der Waals surface area contributed by atoms with E-state index in [4.69, 9.17) is 0 Å². The summed E-state index contributed by atoms with van der Waals surface area (Å²) in [7, 11) is -4.83. The molecule has 0 aliphatic heterocycles. The van der Waals surface area contributed by atoms with E-state index in [1.54, 1.807) is 12.1 Å². The van der Waals surface area contributed by atoms with Gasteiger partial charge >= 0.3 is 161 Å². The van der Waals surface area contributed by atoms with E-state index in [1.807, 2.05) is 12.1 Å². The third kappa shape index (κ3) is 8.05. The molecule has 0 saturated heterocycles. The first-order valence-electron chi connectivity index (χ1n) is 10.7. The third-order valence-electron chi connectivity index (χ3n) is 5.42. The van der Waals surface area contributed by atoms with Gasteiger partial charge in [0.15, 0.2) is 0 Å². The first-order valence-corrected chi connectivity index (χ1v) is 12.9. The van der Waals surface area contributed by atoms with E-state index in [2.05, 4.69) is 20.8 Å². The van der Waals surface area contributed by atoms with Crippen molar-refractivity contribution in [1.29, 1.82) is 0 Å². The Morgan fingerprint density at radius 2 is 1.42 bits per heavy atom. The van der Waals surface area contributed by atoms with Gasteiger partial charge in [-0.15, -0.1) is 0 Å². The zero-order valence-electron chi connectivity index (χ0n) is 17.2. The molecule has 0 spiro atoms. The van der Waals surface area contributed by atoms with Crippen molar-refractivity contribution in [2.24, 2.45) is 5.92 Å². The molecule has 0 amide bonds. The molecule has 3 N–H and O–H groups in total. The van der Waals surface area contributed by atoms with Gasteiger partial charge < -0.3 is 0 Å². The molecule has 26 heavy (non-hydrogen) atoms. The molecule has 0 fully saturated rings. The minimum atomic E-state index is -4.83. The van der Waals surface area contributed by atoms with Gasteiger partial charge in [0.2, 0.25) is 0 Å². The fraction of sp³-hybridized carbons (Fsp3) is 0.727. The Morgan fingerprint density at radius 3 is 2.08 bits per heavy atom. The summed E-state index contributed by atoms with van der Waals surface area (Å²) in [4.78, 5) is 32.8. The molecular formula is C22H41O3P. The first kappa shape index (κ1) is 23.6. The summed E-state index contributed by atoms with van der Waals surface area (Å²) < 4.78 is 0. The molecule has 0 heterocycles. The standard InChI is InChI=1S/C22H41O3P/c1-4-7-9-10-11-12-16-21-17-13-14-18-22(21)26(23,24,25)19-20(6-3)15-8-5-2/h13-14,17-18,20,23-25H,4-12,15-16,19H2,1-3H3. The Kier molecular flexibility index (Phi) is 10.3. The van der Waals surface area contributed by atoms with Crippen molar-refractivity contribution >= 4 is 12.6 Å². The monoisotopic (exact) mass is 384 g/mol. The Bertz CT molecular complexity index is 508. The van der Waals surface area contributed by atoms with Crippen LogP contribution in [0, 0.1) is 5.92 Å². The van der Waals surface area contributed by atoms with Gasteiger partial charge in [0.1, 0.15) is 0 Å². The van der Waals surface area contributed by atoms with E-state index in [0.29, 0.717) is 5.30 Å². The van der Waals surface area contributed by atoms with E-state index in [-0.39, 0.29) is 12.1 Å². The average Bonchev–Trinajstić information content (AvgIpc) is 2.61. The summed E-state index contributed by atoms with van der Waals surface area (Å²) in [6, 6.07) is 7.39. The topological polar surface area (TPSA) is 60.7 Å². The van der Waals surface area contributed by atoms with Crippen molar-refractivity contribution in [3.63, 3.8) is 0 Å². The molecule has 0 saturated carbocycles. The fourth-order valence-corrected chi connectivity index (χ4v) is 6.51. The summed E-state index contributed by atoms with van der Waals surface area (Å²) in [5, 5.41) is 0.391. The number of hydrogen-bond donors (Lipinski definition) is 3. The molecule has 1 atom stereocenters. The molecule has 0 radical (unpaired) electrons. The number of benzene rings is 1. The summed E-state index contributed by atoms with van der Waals surface area (Å²) in [6.07, 6.45) is 12.0. The van der Waals surface area contributed by atoms with Gasteiger partial charge in [0.05, 0.1) is 0 Å². The van der Waals surface area contributed by atoms with Crippen LogP contribution in [0.3, 0.4) is 0 Å². The van der Waals surface area contributed by atoms with E-state index < -0.39 is 7.28 Å². The normalized spacial score (nSPS) is 14.8. The van der Waals surface area contributed by atoms with Crippen LogP contribution < -0.4 is 5.30 Å². The van der Waals surface area contributed by atoms with Gasteiger partial charge in [0.25, 0.3) is 0 Å². The second-order valence-electron chi connectivity index (χ2n) is 7.90. The van der Waals surface area contributed by atoms with Gasteiger partial charge in [-0.25, -0.2) is 0 Å². The van der Waals surface area contributed by atoms with Gasteiger partial charge in [-0.3, -0.25) is 0 Å². The maximum absolute atomic E-state index is 10.9. The summed E-state index contributed by atoms with van der Waals surface area (Å²) in [6.45, 7) is 6.42. The Hall–Kier alpha value is -0.470. The van der Waals surface area contributed by atoms with Crippen LogP contribution in [0.25, 0.3) is 0 Å². The average molecular weight is 385 g/mol. The van der Waals surface area contributed by atoms with Crippen LogP contribution in [-0.4, -0.2) is 20.8 Å². The van der Waals surface area contributed by atoms with Crippen LogP contribution in [0.2, 0.25) is 0 Å². The third-order valence-corrected chi connectivity index (χ3v) is 8.03. The molecular weight excluding hydrogens is 343 g/mol. The van der Waals surface area contributed by atoms with Crippen molar-refractivity contribution in [2.75, 3.05) is 6.16 Å². The van der Waals surface area contributed by atoms with Crippen LogP contribution in [0.4, 0.5) is 0 Å². The molecule has 0 bridgehead atoms. The summed E-state index contributed by atoms with van der Waals surface area (Å²) in [5.74, 6) is 0.148. The van der Waals surface area contributed by atoms with E-state index >= 15 is 0 Å². The minimum absolute atomic E-state index is 0.0929. The van der Waals surface area contributed by atoms with Crippen molar-refractivity contribution in [2.45, 2.75) is 91.4 Å². The SMILES string of the molecule is CCCCCCCCc1ccccc1P(O)(O)(O)CC(CC)CCCC. The molecule has 0 aliphatic rings. The molecule has 4 heteroatoms. The molecule has 152 valence electrons. The van der Waals surface area contributed by atoms with Crippen molar-refractivity contribution in [3.8, 4) is 0 Å². The zero-order chi connectivity index (χ0) is 19.5. The predicted octanol–water partition coefficient (Wildman–Crippen LogP) is 5.71. The van der Waals surface area contributed by atoms with Gasteiger partial charge in [0, 0.05) is 0 Å². The van der Waals surface area contributed by atoms with Crippen molar-refractivity contribution < 1.29 is 14.7 Å². The number of aryl methyl sites for hydroxylation is 1. The number of unbranched alkanes of at least 4 members (excludes halogenated alkanes) is 6.